The van der Waals surface area contributed by atoms with Crippen molar-refractivity contribution in [2.45, 2.75) is 25.7 Å². The van der Waals surface area contributed by atoms with E-state index in [0.717, 1.165) is 29.7 Å². The van der Waals surface area contributed by atoms with Crippen LogP contribution in [0.1, 0.15) is 37.0 Å². The number of allylic oxidation sites excluding steroid dienone is 1. The molecule has 0 saturated heterocycles. The van der Waals surface area contributed by atoms with Gasteiger partial charge in [-0.2, -0.15) is 0 Å². The molecule has 0 aliphatic heterocycles. The Kier molecular flexibility index (Phi) is 5.12. The highest BCUT2D eigenvalue weighted by Gasteiger charge is 2.07. The van der Waals surface area contributed by atoms with Gasteiger partial charge in [0.15, 0.2) is 0 Å². The number of hydrogen-bond donors (Lipinski definition) is 1. The van der Waals surface area contributed by atoms with Crippen LogP contribution in [0.25, 0.3) is 5.57 Å². The van der Waals surface area contributed by atoms with E-state index >= 15 is 0 Å². The first-order chi connectivity index (χ1) is 9.77. The number of furan rings is 1. The molecule has 2 aromatic rings. The quantitative estimate of drug-likeness (QED) is 0.779. The van der Waals surface area contributed by atoms with E-state index in [2.05, 4.69) is 11.1 Å². The molecule has 2 rings (SSSR count). The molecule has 0 saturated carbocycles. The van der Waals surface area contributed by atoms with Crippen LogP contribution in [0.4, 0.5) is 0 Å². The molecule has 0 radical (unpaired) electrons. The smallest absolute Gasteiger partial charge is 0.303 e. The Morgan fingerprint density at radius 3 is 2.85 bits per heavy atom. The fraction of sp³-hybridized carbons (Fsp3) is 0.250. The highest BCUT2D eigenvalue weighted by molar-refractivity contribution is 5.76. The van der Waals surface area contributed by atoms with Gasteiger partial charge in [0.25, 0.3) is 0 Å². The van der Waals surface area contributed by atoms with Gasteiger partial charge in [-0.15, -0.1) is 0 Å². The number of aliphatic carboxylic acids is 1. The minimum atomic E-state index is -0.743. The summed E-state index contributed by atoms with van der Waals surface area (Å²) < 4.78 is 5.46. The Balaban J connectivity index is 2.06. The van der Waals surface area contributed by atoms with Crippen molar-refractivity contribution in [3.63, 3.8) is 0 Å². The van der Waals surface area contributed by atoms with Gasteiger partial charge >= 0.3 is 5.97 Å². The lowest BCUT2D eigenvalue weighted by molar-refractivity contribution is -0.137. The van der Waals surface area contributed by atoms with Crippen molar-refractivity contribution in [1.29, 1.82) is 0 Å². The fourth-order valence-electron chi connectivity index (χ4n) is 1.98. The minimum absolute atomic E-state index is 0.219. The number of carbonyl (C=O) groups is 1. The first-order valence-electron chi connectivity index (χ1n) is 6.63. The summed E-state index contributed by atoms with van der Waals surface area (Å²) in [4.78, 5) is 14.6. The molecule has 1 N–H and O–H groups in total. The number of hydrogen-bond acceptors (Lipinski definition) is 3. The third-order valence-electron chi connectivity index (χ3n) is 2.95. The van der Waals surface area contributed by atoms with E-state index in [1.54, 1.807) is 18.7 Å². The molecule has 0 spiro atoms. The predicted octanol–water partition coefficient (Wildman–Crippen LogP) is 3.75. The van der Waals surface area contributed by atoms with Crippen LogP contribution in [0.2, 0.25) is 0 Å². The summed E-state index contributed by atoms with van der Waals surface area (Å²) in [5, 5.41) is 8.61. The lowest BCUT2D eigenvalue weighted by Gasteiger charge is -2.04. The number of nitrogens with zero attached hydrogens (tertiary/aromatic N) is 1. The van der Waals surface area contributed by atoms with E-state index in [0.29, 0.717) is 6.42 Å². The van der Waals surface area contributed by atoms with Gasteiger partial charge < -0.3 is 9.52 Å². The van der Waals surface area contributed by atoms with Crippen molar-refractivity contribution in [3.05, 3.63) is 60.3 Å². The van der Waals surface area contributed by atoms with E-state index in [4.69, 9.17) is 9.52 Å². The Bertz CT molecular complexity index is 559. The fourth-order valence-corrected chi connectivity index (χ4v) is 1.98. The monoisotopic (exact) mass is 271 g/mol. The second-order valence-electron chi connectivity index (χ2n) is 4.48. The van der Waals surface area contributed by atoms with Gasteiger partial charge in [-0.05, 0) is 37.5 Å². The maximum atomic E-state index is 10.5. The molecule has 4 heteroatoms. The third-order valence-corrected chi connectivity index (χ3v) is 2.95. The van der Waals surface area contributed by atoms with E-state index in [1.165, 1.54) is 0 Å². The summed E-state index contributed by atoms with van der Waals surface area (Å²) in [6.45, 7) is 0. The lowest BCUT2D eigenvalue weighted by atomic mass is 10.0. The molecule has 4 nitrogen and oxygen atoms in total. The average Bonchev–Trinajstić information content (AvgIpc) is 2.97. The van der Waals surface area contributed by atoms with Crippen LogP contribution in [0.15, 0.2) is 53.4 Å². The Labute approximate surface area is 117 Å². The maximum Gasteiger partial charge on any atom is 0.303 e. The van der Waals surface area contributed by atoms with Gasteiger partial charge in [-0.3, -0.25) is 9.78 Å². The van der Waals surface area contributed by atoms with Gasteiger partial charge in [0.2, 0.25) is 0 Å². The van der Waals surface area contributed by atoms with Gasteiger partial charge in [0, 0.05) is 30.0 Å². The summed E-state index contributed by atoms with van der Waals surface area (Å²) in [6, 6.07) is 7.63. The molecule has 104 valence electrons. The SMILES string of the molecule is O=C(O)CCCCC=C(c1cccnc1)c1ccco1. The van der Waals surface area contributed by atoms with Crippen LogP contribution in [0, 0.1) is 0 Å². The van der Waals surface area contributed by atoms with Crippen LogP contribution in [-0.2, 0) is 4.79 Å². The minimum Gasteiger partial charge on any atom is -0.481 e. The number of carboxylic acid groups (broad SMARTS) is 1. The standard InChI is InChI=1S/C16H17NO3/c18-16(19)9-3-1-2-7-14(15-8-5-11-20-15)13-6-4-10-17-12-13/h4-8,10-12H,1-3,9H2,(H,18,19). The van der Waals surface area contributed by atoms with Crippen LogP contribution in [0.5, 0.6) is 0 Å². The number of pyridine rings is 1. The van der Waals surface area contributed by atoms with Crippen molar-refractivity contribution in [1.82, 2.24) is 4.98 Å². The van der Waals surface area contributed by atoms with Gasteiger partial charge in [0.05, 0.1) is 6.26 Å². The first-order valence-corrected chi connectivity index (χ1v) is 6.63. The second kappa shape index (κ2) is 7.28. The zero-order valence-corrected chi connectivity index (χ0v) is 11.2. The second-order valence-corrected chi connectivity index (χ2v) is 4.48. The number of aromatic nitrogens is 1. The van der Waals surface area contributed by atoms with E-state index in [1.807, 2.05) is 24.3 Å². The topological polar surface area (TPSA) is 63.3 Å². The zero-order chi connectivity index (χ0) is 14.2. The molecule has 0 bridgehead atoms. The molecular formula is C16H17NO3. The van der Waals surface area contributed by atoms with Crippen molar-refractivity contribution >= 4 is 11.5 Å². The van der Waals surface area contributed by atoms with Crippen molar-refractivity contribution in [2.75, 3.05) is 0 Å². The molecule has 0 atom stereocenters. The van der Waals surface area contributed by atoms with Crippen LogP contribution in [0.3, 0.4) is 0 Å². The van der Waals surface area contributed by atoms with Crippen molar-refractivity contribution in [2.24, 2.45) is 0 Å². The Morgan fingerprint density at radius 2 is 2.20 bits per heavy atom. The van der Waals surface area contributed by atoms with Crippen LogP contribution < -0.4 is 0 Å². The molecule has 0 aliphatic rings. The number of unbranched alkanes of at least 4 members (excludes halogenated alkanes) is 2. The third kappa shape index (κ3) is 4.09. The normalized spacial score (nSPS) is 11.5. The van der Waals surface area contributed by atoms with Gasteiger partial charge in [0.1, 0.15) is 5.76 Å². The highest BCUT2D eigenvalue weighted by atomic mass is 16.4. The number of rotatable bonds is 7. The molecule has 2 aromatic heterocycles. The molecule has 0 fully saturated rings. The highest BCUT2D eigenvalue weighted by Crippen LogP contribution is 2.24. The van der Waals surface area contributed by atoms with Crippen LogP contribution >= 0.6 is 0 Å². The Hall–Kier alpha value is -2.36. The van der Waals surface area contributed by atoms with E-state index < -0.39 is 5.97 Å². The average molecular weight is 271 g/mol. The van der Waals surface area contributed by atoms with Gasteiger partial charge in [-0.1, -0.05) is 12.1 Å². The largest absolute Gasteiger partial charge is 0.481 e. The summed E-state index contributed by atoms with van der Waals surface area (Å²) >= 11 is 0. The zero-order valence-electron chi connectivity index (χ0n) is 11.2. The van der Waals surface area contributed by atoms with E-state index in [-0.39, 0.29) is 6.42 Å². The molecule has 20 heavy (non-hydrogen) atoms. The summed E-state index contributed by atoms with van der Waals surface area (Å²) in [7, 11) is 0. The molecule has 0 aliphatic carbocycles. The summed E-state index contributed by atoms with van der Waals surface area (Å²) in [5.41, 5.74) is 2.00. The van der Waals surface area contributed by atoms with Gasteiger partial charge in [-0.25, -0.2) is 0 Å². The molecule has 0 amide bonds. The molecular weight excluding hydrogens is 254 g/mol. The Morgan fingerprint density at radius 1 is 1.30 bits per heavy atom. The van der Waals surface area contributed by atoms with Crippen molar-refractivity contribution < 1.29 is 14.3 Å². The van der Waals surface area contributed by atoms with Crippen molar-refractivity contribution in [3.8, 4) is 0 Å². The predicted molar refractivity (Wildman–Crippen MR) is 76.1 cm³/mol. The summed E-state index contributed by atoms with van der Waals surface area (Å²) in [5.74, 6) is 0.0590. The molecule has 0 unspecified atom stereocenters. The van der Waals surface area contributed by atoms with E-state index in [9.17, 15) is 4.79 Å². The van der Waals surface area contributed by atoms with Crippen LogP contribution in [-0.4, -0.2) is 16.1 Å². The molecule has 2 heterocycles. The maximum absolute atomic E-state index is 10.5. The molecule has 0 aromatic carbocycles. The first kappa shape index (κ1) is 14.1. The number of carboxylic acids is 1. The lowest BCUT2D eigenvalue weighted by Crippen LogP contribution is -1.93. The summed E-state index contributed by atoms with van der Waals surface area (Å²) in [6.07, 6.45) is 9.82.